The highest BCUT2D eigenvalue weighted by Gasteiger charge is 2.59. The summed E-state index contributed by atoms with van der Waals surface area (Å²) in [4.78, 5) is 171. The Hall–Kier alpha value is -6.70. The van der Waals surface area contributed by atoms with Gasteiger partial charge in [-0.1, -0.05) is 112 Å². The van der Waals surface area contributed by atoms with Gasteiger partial charge in [-0.2, -0.15) is 0 Å². The molecule has 126 heavy (non-hydrogen) atoms. The van der Waals surface area contributed by atoms with Crippen LogP contribution in [0.5, 0.6) is 0 Å². The van der Waals surface area contributed by atoms with Crippen LogP contribution in [0.15, 0.2) is 30.3 Å². The smallest absolute Gasteiger partial charge is 0.313 e. The van der Waals surface area contributed by atoms with Crippen LogP contribution in [-0.2, 0) is 96.3 Å². The summed E-state index contributed by atoms with van der Waals surface area (Å²) in [6.07, 6.45) is 49.6. The number of carbonyl (C=O) groups is 16. The molecule has 1 aromatic rings. The molecule has 0 bridgehead atoms. The Kier molecular flexibility index (Phi) is 50.9. The summed E-state index contributed by atoms with van der Waals surface area (Å²) in [5.74, 6) is 8.72. The highest BCUT2D eigenvalue weighted by molar-refractivity contribution is 5.96. The van der Waals surface area contributed by atoms with Crippen LogP contribution in [0, 0.1) is 63.1 Å². The van der Waals surface area contributed by atoms with Crippen LogP contribution in [0.1, 0.15) is 443 Å². The van der Waals surface area contributed by atoms with E-state index in [1.807, 2.05) is 6.07 Å². The molecule has 712 valence electrons. The van der Waals surface area contributed by atoms with Gasteiger partial charge < -0.3 is 19.5 Å². The molecule has 1 aliphatic heterocycles. The zero-order valence-electron chi connectivity index (χ0n) is 81.2. The van der Waals surface area contributed by atoms with Crippen LogP contribution in [0.25, 0.3) is 0 Å². The maximum absolute atomic E-state index is 11.9. The molecule has 15 rings (SSSR count). The van der Waals surface area contributed by atoms with Gasteiger partial charge in [-0.15, -0.1) is 0 Å². The number of rotatable bonds is 9. The summed E-state index contributed by atoms with van der Waals surface area (Å²) in [5.41, 5.74) is 3.71. The quantitative estimate of drug-likeness (QED) is 0.136. The van der Waals surface area contributed by atoms with Gasteiger partial charge in [-0.05, 0) is 276 Å². The number of ketones is 13. The molecule has 1 N–H and O–H groups in total. The van der Waals surface area contributed by atoms with E-state index in [-0.39, 0.29) is 70.8 Å². The van der Waals surface area contributed by atoms with Crippen molar-refractivity contribution in [1.82, 2.24) is 5.32 Å². The van der Waals surface area contributed by atoms with E-state index < -0.39 is 5.97 Å². The molecule has 14 aliphatic rings. The first-order valence-electron chi connectivity index (χ1n) is 49.4. The summed E-state index contributed by atoms with van der Waals surface area (Å²) in [6, 6.07) is 10.8. The Morgan fingerprint density at radius 1 is 0.405 bits per heavy atom. The SMILES string of the molecule is CC(=O)CC(C)=O.CC(=O)NC1CCC(=O)CC1.CC(C)(C)C1CCC(=O)CC1.CC1(C)CCC(=O)CC1.CC1(c2ccccc2)CCC(=O)CC1.CCOC(=O)C1CCC(=O)CC1.CCOC(=O)CC(C)=O.C[C@H]1CC[C@H]2[C@@H]3CC[C@H]4CC(=O)CC[C@]4(C)[C@H]3CC[C@]12C.O=C1CCC2(CCCO2)CC1.O=C1CCCC1.O=C1CCCCC1.O=C1CCCCCC1. The van der Waals surface area contributed by atoms with Crippen LogP contribution in [0.3, 0.4) is 0 Å². The third-order valence-electron chi connectivity index (χ3n) is 29.7. The van der Waals surface area contributed by atoms with Gasteiger partial charge in [0.25, 0.3) is 0 Å². The summed E-state index contributed by atoms with van der Waals surface area (Å²) in [6.45, 7) is 32.1. The molecule has 1 saturated heterocycles. The topological polar surface area (TPSA) is 313 Å². The number of benzene rings is 1. The molecule has 1 amide bonds. The highest BCUT2D eigenvalue weighted by Crippen LogP contribution is 2.67. The molecule has 1 aromatic carbocycles. The maximum Gasteiger partial charge on any atom is 0.313 e. The fourth-order valence-corrected chi connectivity index (χ4v) is 21.1. The number of amides is 1. The van der Waals surface area contributed by atoms with Crippen molar-refractivity contribution >= 4 is 93.0 Å². The van der Waals surface area contributed by atoms with Gasteiger partial charge in [0.2, 0.25) is 5.91 Å². The van der Waals surface area contributed by atoms with E-state index in [0.717, 1.165) is 242 Å². The van der Waals surface area contributed by atoms with Crippen LogP contribution >= 0.6 is 0 Å². The third-order valence-corrected chi connectivity index (χ3v) is 29.7. The number of carbonyl (C=O) groups excluding carboxylic acids is 16. The monoisotopic (exact) mass is 1760 g/mol. The van der Waals surface area contributed by atoms with Gasteiger partial charge in [0.05, 0.1) is 31.2 Å². The number of nitrogens with one attached hydrogen (secondary N) is 1. The minimum absolute atomic E-state index is 0.00403. The normalized spacial score (nSPS) is 26.5. The fraction of sp³-hybridized carbons (Fsp3) is 0.792. The molecular formula is C106H169NO19. The molecule has 1 spiro atoms. The predicted molar refractivity (Wildman–Crippen MR) is 495 cm³/mol. The maximum atomic E-state index is 11.9. The van der Waals surface area contributed by atoms with Gasteiger partial charge in [-0.25, -0.2) is 0 Å². The first kappa shape index (κ1) is 112. The Morgan fingerprint density at radius 2 is 0.817 bits per heavy atom. The number of hydrogen-bond acceptors (Lipinski definition) is 19. The van der Waals surface area contributed by atoms with E-state index in [1.165, 1.54) is 110 Å². The second kappa shape index (κ2) is 57.5. The Balaban J connectivity index is 0.000000293. The van der Waals surface area contributed by atoms with Gasteiger partial charge in [-0.3, -0.25) is 76.7 Å². The predicted octanol–water partition coefficient (Wildman–Crippen LogP) is 22.5. The molecule has 0 aromatic heterocycles. The largest absolute Gasteiger partial charge is 0.466 e. The van der Waals surface area contributed by atoms with Crippen molar-refractivity contribution in [2.75, 3.05) is 19.8 Å². The van der Waals surface area contributed by atoms with Crippen LogP contribution in [0.2, 0.25) is 0 Å². The third kappa shape index (κ3) is 42.9. The lowest BCUT2D eigenvalue weighted by atomic mass is 9.45. The van der Waals surface area contributed by atoms with Crippen molar-refractivity contribution < 1.29 is 90.9 Å². The van der Waals surface area contributed by atoms with Crippen molar-refractivity contribution in [3.05, 3.63) is 35.9 Å². The summed E-state index contributed by atoms with van der Waals surface area (Å²) >= 11 is 0. The second-order valence-corrected chi connectivity index (χ2v) is 41.6. The van der Waals surface area contributed by atoms with Gasteiger partial charge in [0.1, 0.15) is 81.6 Å². The molecule has 0 unspecified atom stereocenters. The molecule has 20 nitrogen and oxygen atoms in total. The average Bonchev–Trinajstić information content (AvgIpc) is 1.43. The van der Waals surface area contributed by atoms with E-state index in [1.54, 1.807) is 13.8 Å². The number of esters is 2. The van der Waals surface area contributed by atoms with Gasteiger partial charge in [0.15, 0.2) is 0 Å². The van der Waals surface area contributed by atoms with Crippen LogP contribution < -0.4 is 5.32 Å². The fourth-order valence-electron chi connectivity index (χ4n) is 21.1. The first-order valence-corrected chi connectivity index (χ1v) is 49.4. The highest BCUT2D eigenvalue weighted by atomic mass is 16.5. The molecule has 13 saturated carbocycles. The lowest BCUT2D eigenvalue weighted by Crippen LogP contribution is -2.53. The van der Waals surface area contributed by atoms with E-state index in [4.69, 9.17) is 9.47 Å². The molecule has 13 aliphatic carbocycles. The minimum Gasteiger partial charge on any atom is -0.466 e. The Morgan fingerprint density at radius 3 is 1.25 bits per heavy atom. The summed E-state index contributed by atoms with van der Waals surface area (Å²) in [7, 11) is 0. The zero-order valence-corrected chi connectivity index (χ0v) is 81.2. The molecule has 0 radical (unpaired) electrons. The molecule has 20 heteroatoms. The number of fused-ring (bicyclic) bond motifs is 5. The molecule has 7 atom stereocenters. The minimum atomic E-state index is -0.440. The lowest BCUT2D eigenvalue weighted by molar-refractivity contribution is -0.150. The standard InChI is InChI=1S/C20H32O.C13H16O.C10H18O.C9H14O3.C9H14O2.C8H13NO2.C8H14O.C7H12O.C6H10O3.C6H10O.C5H8O2.C5H8O/c1-13-4-7-17-16-6-5-14-12-15(21)8-10-20(14,3)18(16)9-11-19(13,17)2;1-13(9-7-12(14)8-10-13)11-5-3-2-4-6-11;1-10(2,3)8-4-6-9(11)7-5-8;1-2-12-9(11)7-3-5-8(10)6-4-7;10-8-2-5-9(6-3-8)4-1-7-11-9;1-6(10)9-7-2-4-8(11)5-3-7;1-8(2)5-3-7(9)4-6-8;8-7-5-3-1-2-4-6-7;1-3-9-6(8)4-5(2)7;7-6-4-2-1-3-5-6;1-4(6)3-5(2)7;6-5-3-1-2-4-5/h13-14,16-18H,4-12H2,1-3H3;2-6H,7-10H2,1H3;8H,4-7H2,1-3H3;7H,2-6H2,1H3;1-7H2;7H,2-5H2,1H3,(H,9,10);3-6H2,1-2H3;1-6H2;3-4H2,1-2H3;1-5H2;3H2,1-2H3;1-4H2/t13-,14-,16-,17-,18-,19+,20-;;;;;;;;;;;/m0.........../s1. The van der Waals surface area contributed by atoms with Crippen molar-refractivity contribution in [3.63, 3.8) is 0 Å². The van der Waals surface area contributed by atoms with E-state index in [0.29, 0.717) is 131 Å². The average molecular weight is 1760 g/mol. The van der Waals surface area contributed by atoms with Crippen LogP contribution in [-0.4, -0.2) is 124 Å². The lowest BCUT2D eigenvalue weighted by Gasteiger charge is -2.60. The second-order valence-electron chi connectivity index (χ2n) is 41.6. The summed E-state index contributed by atoms with van der Waals surface area (Å²) in [5, 5.41) is 2.81. The Bertz CT molecular complexity index is 3550. The number of hydrogen-bond donors (Lipinski definition) is 1. The molecular weight excluding hydrogens is 1590 g/mol. The van der Waals surface area contributed by atoms with Gasteiger partial charge in [0, 0.05) is 148 Å². The molecule has 1 heterocycles. The van der Waals surface area contributed by atoms with Crippen molar-refractivity contribution in [1.29, 1.82) is 0 Å². The van der Waals surface area contributed by atoms with Crippen molar-refractivity contribution in [2.24, 2.45) is 63.1 Å². The van der Waals surface area contributed by atoms with E-state index >= 15 is 0 Å². The number of Topliss-reactive ketones (excluding diaryl/α,β-unsaturated/α-hetero) is 13. The molecule has 14 fully saturated rings. The van der Waals surface area contributed by atoms with Crippen molar-refractivity contribution in [2.45, 2.75) is 455 Å². The van der Waals surface area contributed by atoms with Crippen LogP contribution in [0.4, 0.5) is 0 Å². The van der Waals surface area contributed by atoms with E-state index in [9.17, 15) is 76.7 Å². The first-order chi connectivity index (χ1) is 59.5. The Labute approximate surface area is 758 Å². The van der Waals surface area contributed by atoms with E-state index in [2.05, 4.69) is 96.6 Å². The zero-order chi connectivity index (χ0) is 93.7. The van der Waals surface area contributed by atoms with Crippen molar-refractivity contribution in [3.8, 4) is 0 Å². The van der Waals surface area contributed by atoms with Gasteiger partial charge >= 0.3 is 11.9 Å². The summed E-state index contributed by atoms with van der Waals surface area (Å²) < 4.78 is 15.0. The number of ether oxygens (including phenoxy) is 3.